The second-order valence-corrected chi connectivity index (χ2v) is 10.5. The van der Waals surface area contributed by atoms with E-state index in [2.05, 4.69) is 4.98 Å². The van der Waals surface area contributed by atoms with E-state index in [9.17, 15) is 28.2 Å². The van der Waals surface area contributed by atoms with Crippen LogP contribution in [0.4, 0.5) is 0 Å². The van der Waals surface area contributed by atoms with Crippen LogP contribution >= 0.6 is 0 Å². The van der Waals surface area contributed by atoms with Gasteiger partial charge in [0.1, 0.15) is 0 Å². The minimum absolute atomic E-state index is 0.0567. The number of aromatic nitrogens is 2. The van der Waals surface area contributed by atoms with E-state index >= 15 is 0 Å². The van der Waals surface area contributed by atoms with E-state index in [0.717, 1.165) is 0 Å². The lowest BCUT2D eigenvalue weighted by Gasteiger charge is -2.37. The van der Waals surface area contributed by atoms with Gasteiger partial charge in [0.2, 0.25) is 10.0 Å². The number of hydrogen-bond donors (Lipinski definition) is 2. The molecule has 1 aromatic carbocycles. The topological polar surface area (TPSA) is 130 Å². The first-order valence-corrected chi connectivity index (χ1v) is 12.3. The maximum atomic E-state index is 13.8. The lowest BCUT2D eigenvalue weighted by atomic mass is 9.87. The van der Waals surface area contributed by atoms with Crippen molar-refractivity contribution in [1.29, 1.82) is 0 Å². The van der Waals surface area contributed by atoms with Crippen molar-refractivity contribution < 1.29 is 23.4 Å². The first-order valence-electron chi connectivity index (χ1n) is 10.8. The highest BCUT2D eigenvalue weighted by Gasteiger charge is 2.60. The Labute approximate surface area is 196 Å². The zero-order valence-electron chi connectivity index (χ0n) is 18.3. The summed E-state index contributed by atoms with van der Waals surface area (Å²) < 4.78 is 30.3. The van der Waals surface area contributed by atoms with E-state index in [0.29, 0.717) is 22.4 Å². The van der Waals surface area contributed by atoms with Gasteiger partial charge in [-0.2, -0.15) is 4.31 Å². The molecule has 2 N–H and O–H groups in total. The molecule has 1 fully saturated rings. The lowest BCUT2D eigenvalue weighted by Crippen LogP contribution is -2.49. The molecule has 9 nitrogen and oxygen atoms in total. The summed E-state index contributed by atoms with van der Waals surface area (Å²) in [6, 6.07) is 11.1. The lowest BCUT2D eigenvalue weighted by molar-refractivity contribution is -0.144. The maximum Gasteiger partial charge on any atom is 0.308 e. The minimum Gasteiger partial charge on any atom is -0.481 e. The van der Waals surface area contributed by atoms with E-state index in [4.69, 9.17) is 0 Å². The molecule has 0 radical (unpaired) electrons. The van der Waals surface area contributed by atoms with Crippen LogP contribution in [0.15, 0.2) is 70.6 Å². The van der Waals surface area contributed by atoms with Gasteiger partial charge in [-0.1, -0.05) is 24.3 Å². The van der Waals surface area contributed by atoms with Gasteiger partial charge in [-0.05, 0) is 36.8 Å². The molecule has 0 spiro atoms. The van der Waals surface area contributed by atoms with Gasteiger partial charge in [0.15, 0.2) is 0 Å². The number of aliphatic hydroxyl groups excluding tert-OH is 1. The molecule has 34 heavy (non-hydrogen) atoms. The summed E-state index contributed by atoms with van der Waals surface area (Å²) in [5.74, 6) is -3.29. The normalized spacial score (nSPS) is 24.1. The molecule has 3 aromatic rings. The number of carboxylic acids is 1. The van der Waals surface area contributed by atoms with Gasteiger partial charge in [0, 0.05) is 54.3 Å². The minimum atomic E-state index is -4.12. The van der Waals surface area contributed by atoms with Crippen molar-refractivity contribution in [3.05, 3.63) is 82.5 Å². The van der Waals surface area contributed by atoms with Crippen molar-refractivity contribution in [3.63, 3.8) is 0 Å². The quantitative estimate of drug-likeness (QED) is 0.567. The molecule has 0 aliphatic carbocycles. The average Bonchev–Trinajstić information content (AvgIpc) is 3.08. The molecule has 2 aromatic heterocycles. The van der Waals surface area contributed by atoms with Crippen molar-refractivity contribution in [1.82, 2.24) is 13.9 Å². The number of rotatable bonds is 5. The summed E-state index contributed by atoms with van der Waals surface area (Å²) in [5, 5.41) is 20.2. The smallest absolute Gasteiger partial charge is 0.308 e. The predicted molar refractivity (Wildman–Crippen MR) is 122 cm³/mol. The van der Waals surface area contributed by atoms with Crippen molar-refractivity contribution >= 4 is 16.0 Å². The van der Waals surface area contributed by atoms with Crippen molar-refractivity contribution in [2.45, 2.75) is 30.4 Å². The molecular weight excluding hydrogens is 458 g/mol. The Morgan fingerprint density at radius 2 is 1.91 bits per heavy atom. The van der Waals surface area contributed by atoms with E-state index in [1.165, 1.54) is 14.9 Å². The van der Waals surface area contributed by atoms with Gasteiger partial charge in [0.25, 0.3) is 5.56 Å². The van der Waals surface area contributed by atoms with Gasteiger partial charge < -0.3 is 14.8 Å². The first kappa shape index (κ1) is 22.5. The molecule has 0 amide bonds. The fourth-order valence-electron chi connectivity index (χ4n) is 5.37. The Hall–Kier alpha value is -3.34. The number of benzene rings is 1. The number of aryl methyl sites for hydroxylation is 1. The van der Waals surface area contributed by atoms with Crippen LogP contribution in [0.5, 0.6) is 0 Å². The van der Waals surface area contributed by atoms with Gasteiger partial charge in [-0.15, -0.1) is 0 Å². The Morgan fingerprint density at radius 3 is 2.56 bits per heavy atom. The second-order valence-electron chi connectivity index (χ2n) is 8.65. The molecule has 4 heterocycles. The molecule has 2 aliphatic heterocycles. The van der Waals surface area contributed by atoms with Crippen LogP contribution in [0.25, 0.3) is 11.1 Å². The number of sulfonamides is 1. The molecular formula is C24H23N3O6S. The molecule has 176 valence electrons. The van der Waals surface area contributed by atoms with Crippen LogP contribution in [-0.2, 0) is 21.4 Å². The average molecular weight is 482 g/mol. The van der Waals surface area contributed by atoms with E-state index < -0.39 is 46.5 Å². The monoisotopic (exact) mass is 481 g/mol. The number of aliphatic hydroxyl groups is 1. The number of aliphatic carboxylic acids is 1. The van der Waals surface area contributed by atoms with Crippen LogP contribution in [-0.4, -0.2) is 51.1 Å². The zero-order chi connectivity index (χ0) is 24.2. The van der Waals surface area contributed by atoms with Gasteiger partial charge >= 0.3 is 5.97 Å². The third-order valence-corrected chi connectivity index (χ3v) is 8.96. The number of nitrogens with zero attached hydrogens (tertiary/aromatic N) is 3. The van der Waals surface area contributed by atoms with E-state index in [1.807, 2.05) is 0 Å². The molecule has 5 rings (SSSR count). The number of fused-ring (bicyclic) bond motifs is 4. The molecule has 4 atom stereocenters. The molecule has 10 heteroatoms. The molecule has 0 saturated carbocycles. The highest BCUT2D eigenvalue weighted by Crippen LogP contribution is 2.51. The van der Waals surface area contributed by atoms with E-state index in [1.54, 1.807) is 61.8 Å². The van der Waals surface area contributed by atoms with Crippen LogP contribution in [0.3, 0.4) is 0 Å². The van der Waals surface area contributed by atoms with Gasteiger partial charge in [0.05, 0.1) is 16.9 Å². The predicted octanol–water partition coefficient (Wildman–Crippen LogP) is 1.66. The van der Waals surface area contributed by atoms with Gasteiger partial charge in [-0.3, -0.25) is 14.6 Å². The van der Waals surface area contributed by atoms with Crippen molar-refractivity contribution in [2.24, 2.45) is 11.8 Å². The first-order chi connectivity index (χ1) is 16.3. The summed E-state index contributed by atoms with van der Waals surface area (Å²) in [6.45, 7) is 1.10. The maximum absolute atomic E-state index is 13.8. The molecule has 1 saturated heterocycles. The van der Waals surface area contributed by atoms with Crippen LogP contribution < -0.4 is 5.56 Å². The Bertz CT molecular complexity index is 1440. The Morgan fingerprint density at radius 1 is 1.15 bits per heavy atom. The van der Waals surface area contributed by atoms with Gasteiger partial charge in [-0.25, -0.2) is 8.42 Å². The SMILES string of the molecule is Cc1ccccc1S(=O)(=O)N1[C@@H]2c3ccc(-c4cccnc4)c(=O)n3C[C@H]1[C@H](CO)[C@H]2C(=O)O. The molecule has 2 aliphatic rings. The van der Waals surface area contributed by atoms with Crippen molar-refractivity contribution in [3.8, 4) is 11.1 Å². The van der Waals surface area contributed by atoms with Crippen LogP contribution in [0.2, 0.25) is 0 Å². The zero-order valence-corrected chi connectivity index (χ0v) is 19.1. The number of hydrogen-bond acceptors (Lipinski definition) is 6. The highest BCUT2D eigenvalue weighted by atomic mass is 32.2. The molecule has 0 unspecified atom stereocenters. The number of pyridine rings is 2. The second kappa shape index (κ2) is 8.15. The highest BCUT2D eigenvalue weighted by molar-refractivity contribution is 7.89. The summed E-state index contributed by atoms with van der Waals surface area (Å²) >= 11 is 0. The van der Waals surface area contributed by atoms with Crippen molar-refractivity contribution in [2.75, 3.05) is 6.61 Å². The third-order valence-electron chi connectivity index (χ3n) is 6.89. The Balaban J connectivity index is 1.73. The summed E-state index contributed by atoms with van der Waals surface area (Å²) in [7, 11) is -4.12. The number of carbonyl (C=O) groups is 1. The standard InChI is InChI=1S/C24H23N3O6S/c1-14-5-2-3-7-20(14)34(32,33)27-19-12-26-18(22(27)21(24(30)31)17(19)13-28)9-8-16(23(26)29)15-6-4-10-25-11-15/h2-11,17,19,21-22,28H,12-13H2,1H3,(H,30,31)/t17-,19-,21+,22+/m0/s1. The van der Waals surface area contributed by atoms with Crippen LogP contribution in [0.1, 0.15) is 17.3 Å². The van der Waals surface area contributed by atoms with E-state index in [-0.39, 0.29) is 17.0 Å². The van der Waals surface area contributed by atoms with Crippen LogP contribution in [0, 0.1) is 18.8 Å². The molecule has 2 bridgehead atoms. The summed E-state index contributed by atoms with van der Waals surface area (Å²) in [6.07, 6.45) is 3.16. The fourth-order valence-corrected chi connectivity index (χ4v) is 7.44. The largest absolute Gasteiger partial charge is 0.481 e. The number of carboxylic acid groups (broad SMARTS) is 1. The summed E-state index contributed by atoms with van der Waals surface area (Å²) in [5.41, 5.74) is 1.48. The fraction of sp³-hybridized carbons (Fsp3) is 0.292. The Kier molecular flexibility index (Phi) is 5.38. The third kappa shape index (κ3) is 3.21. The summed E-state index contributed by atoms with van der Waals surface area (Å²) in [4.78, 5) is 29.9.